The number of nitrogens with one attached hydrogen (secondary N) is 1. The maximum Gasteiger partial charge on any atom is 0.131 e. The Kier molecular flexibility index (Phi) is 4.33. The Morgan fingerprint density at radius 1 is 1.33 bits per heavy atom. The minimum Gasteiger partial charge on any atom is -0.312 e. The second-order valence-electron chi connectivity index (χ2n) is 4.26. The van der Waals surface area contributed by atoms with E-state index in [0.717, 1.165) is 30.8 Å². The lowest BCUT2D eigenvalue weighted by Gasteiger charge is -2.04. The highest BCUT2D eigenvalue weighted by atomic mass is 35.5. The third-order valence-corrected chi connectivity index (χ3v) is 3.38. The Hall–Kier alpha value is -1.39. The molecule has 0 radical (unpaired) electrons. The van der Waals surface area contributed by atoms with E-state index in [0.29, 0.717) is 5.15 Å². The fraction of sp³-hybridized carbons (Fsp3) is 0.385. The zero-order valence-corrected chi connectivity index (χ0v) is 11.4. The molecule has 2 heterocycles. The third kappa shape index (κ3) is 3.09. The summed E-state index contributed by atoms with van der Waals surface area (Å²) in [6, 6.07) is 4.06. The van der Waals surface area contributed by atoms with Crippen LogP contribution in [0.5, 0.6) is 0 Å². The molecule has 0 aliphatic carbocycles. The van der Waals surface area contributed by atoms with E-state index >= 15 is 0 Å². The van der Waals surface area contributed by atoms with E-state index in [9.17, 15) is 0 Å². The summed E-state index contributed by atoms with van der Waals surface area (Å²) < 4.78 is 1.71. The van der Waals surface area contributed by atoms with Crippen molar-refractivity contribution in [3.05, 3.63) is 46.5 Å². The van der Waals surface area contributed by atoms with Gasteiger partial charge >= 0.3 is 0 Å². The van der Waals surface area contributed by atoms with Crippen LogP contribution in [0.15, 0.2) is 24.5 Å². The summed E-state index contributed by atoms with van der Waals surface area (Å²) in [5.41, 5.74) is 3.35. The van der Waals surface area contributed by atoms with Crippen molar-refractivity contribution in [1.82, 2.24) is 20.1 Å². The zero-order chi connectivity index (χ0) is 13.0. The summed E-state index contributed by atoms with van der Waals surface area (Å²) in [4.78, 5) is 4.00. The maximum absolute atomic E-state index is 6.16. The van der Waals surface area contributed by atoms with E-state index in [1.165, 1.54) is 5.56 Å². The van der Waals surface area contributed by atoms with Crippen molar-refractivity contribution >= 4 is 11.6 Å². The quantitative estimate of drug-likeness (QED) is 0.841. The van der Waals surface area contributed by atoms with Gasteiger partial charge in [-0.25, -0.2) is 0 Å². The first-order valence-corrected chi connectivity index (χ1v) is 6.34. The molecule has 1 N–H and O–H groups in total. The highest BCUT2D eigenvalue weighted by Gasteiger charge is 2.09. The van der Waals surface area contributed by atoms with Crippen molar-refractivity contribution in [1.29, 1.82) is 0 Å². The van der Waals surface area contributed by atoms with E-state index in [1.807, 2.05) is 38.5 Å². The molecule has 0 amide bonds. The molecule has 5 heteroatoms. The topological polar surface area (TPSA) is 42.7 Å². The molecule has 18 heavy (non-hydrogen) atoms. The zero-order valence-electron chi connectivity index (χ0n) is 10.7. The molecule has 0 saturated carbocycles. The molecule has 0 atom stereocenters. The smallest absolute Gasteiger partial charge is 0.131 e. The van der Waals surface area contributed by atoms with Gasteiger partial charge in [0.05, 0.1) is 5.69 Å². The molecule has 0 bridgehead atoms. The molecular weight excluding hydrogens is 248 g/mol. The van der Waals surface area contributed by atoms with Crippen LogP contribution >= 0.6 is 11.6 Å². The summed E-state index contributed by atoms with van der Waals surface area (Å²) in [5, 5.41) is 8.38. The van der Waals surface area contributed by atoms with E-state index in [2.05, 4.69) is 15.4 Å². The van der Waals surface area contributed by atoms with Crippen molar-refractivity contribution in [3.63, 3.8) is 0 Å². The number of aryl methyl sites for hydroxylation is 2. The van der Waals surface area contributed by atoms with Crippen molar-refractivity contribution in [2.45, 2.75) is 19.9 Å². The third-order valence-electron chi connectivity index (χ3n) is 2.91. The van der Waals surface area contributed by atoms with Crippen molar-refractivity contribution in [2.75, 3.05) is 6.54 Å². The van der Waals surface area contributed by atoms with Crippen LogP contribution in [0.25, 0.3) is 0 Å². The van der Waals surface area contributed by atoms with Gasteiger partial charge in [-0.1, -0.05) is 11.6 Å². The molecule has 96 valence electrons. The lowest BCUT2D eigenvalue weighted by molar-refractivity contribution is 0.684. The number of aromatic nitrogens is 3. The van der Waals surface area contributed by atoms with Crippen molar-refractivity contribution < 1.29 is 0 Å². The Morgan fingerprint density at radius 2 is 2.06 bits per heavy atom. The Balaban J connectivity index is 1.82. The van der Waals surface area contributed by atoms with Gasteiger partial charge in [0.1, 0.15) is 5.15 Å². The molecule has 0 aliphatic rings. The first kappa shape index (κ1) is 13.1. The molecule has 0 aromatic carbocycles. The Bertz CT molecular complexity index is 507. The van der Waals surface area contributed by atoms with Gasteiger partial charge < -0.3 is 5.32 Å². The normalized spacial score (nSPS) is 10.8. The summed E-state index contributed by atoms with van der Waals surface area (Å²) in [6.07, 6.45) is 4.62. The summed E-state index contributed by atoms with van der Waals surface area (Å²) in [5.74, 6) is 0. The molecule has 2 aromatic rings. The highest BCUT2D eigenvalue weighted by Crippen LogP contribution is 2.17. The number of rotatable bonds is 5. The summed E-state index contributed by atoms with van der Waals surface area (Å²) >= 11 is 6.16. The monoisotopic (exact) mass is 264 g/mol. The number of pyridine rings is 1. The number of hydrogen-bond acceptors (Lipinski definition) is 3. The van der Waals surface area contributed by atoms with Crippen LogP contribution in [0.3, 0.4) is 0 Å². The molecular formula is C13H17ClN4. The molecule has 2 aromatic heterocycles. The molecule has 4 nitrogen and oxygen atoms in total. The summed E-state index contributed by atoms with van der Waals surface area (Å²) in [7, 11) is 1.86. The Labute approximate surface area is 112 Å². The number of halogens is 1. The van der Waals surface area contributed by atoms with E-state index in [4.69, 9.17) is 11.6 Å². The van der Waals surface area contributed by atoms with Gasteiger partial charge in [-0.05, 0) is 37.6 Å². The van der Waals surface area contributed by atoms with E-state index < -0.39 is 0 Å². The molecule has 0 fully saturated rings. The Morgan fingerprint density at radius 3 is 2.67 bits per heavy atom. The lowest BCUT2D eigenvalue weighted by atomic mass is 10.2. The molecule has 0 unspecified atom stereocenters. The fourth-order valence-corrected chi connectivity index (χ4v) is 2.11. The lowest BCUT2D eigenvalue weighted by Crippen LogP contribution is -2.17. The number of hydrogen-bond donors (Lipinski definition) is 1. The first-order chi connectivity index (χ1) is 8.68. The largest absolute Gasteiger partial charge is 0.312 e. The van der Waals surface area contributed by atoms with Gasteiger partial charge in [0.15, 0.2) is 0 Å². The van der Waals surface area contributed by atoms with Crippen LogP contribution in [-0.4, -0.2) is 21.3 Å². The second-order valence-corrected chi connectivity index (χ2v) is 4.62. The van der Waals surface area contributed by atoms with Gasteiger partial charge in [0, 0.05) is 31.5 Å². The first-order valence-electron chi connectivity index (χ1n) is 5.96. The van der Waals surface area contributed by atoms with Crippen LogP contribution in [-0.2, 0) is 20.0 Å². The van der Waals surface area contributed by atoms with Crippen LogP contribution in [0.4, 0.5) is 0 Å². The molecule has 0 saturated heterocycles. The molecule has 0 aliphatic heterocycles. The predicted octanol–water partition coefficient (Wildman–Crippen LogP) is 2.11. The number of nitrogens with zero attached hydrogens (tertiary/aromatic N) is 3. The highest BCUT2D eigenvalue weighted by molar-refractivity contribution is 6.30. The van der Waals surface area contributed by atoms with Gasteiger partial charge in [0.2, 0.25) is 0 Å². The van der Waals surface area contributed by atoms with E-state index in [-0.39, 0.29) is 0 Å². The van der Waals surface area contributed by atoms with Crippen LogP contribution in [0.1, 0.15) is 16.8 Å². The molecule has 2 rings (SSSR count). The van der Waals surface area contributed by atoms with Gasteiger partial charge in [-0.2, -0.15) is 5.10 Å². The average molecular weight is 265 g/mol. The molecule has 0 spiro atoms. The summed E-state index contributed by atoms with van der Waals surface area (Å²) in [6.45, 7) is 3.64. The predicted molar refractivity (Wildman–Crippen MR) is 72.6 cm³/mol. The minimum atomic E-state index is 0.712. The van der Waals surface area contributed by atoms with Crippen LogP contribution in [0.2, 0.25) is 5.15 Å². The average Bonchev–Trinajstić information content (AvgIpc) is 2.61. The van der Waals surface area contributed by atoms with E-state index in [1.54, 1.807) is 4.68 Å². The van der Waals surface area contributed by atoms with Crippen LogP contribution < -0.4 is 5.32 Å². The van der Waals surface area contributed by atoms with Gasteiger partial charge in [0.25, 0.3) is 0 Å². The van der Waals surface area contributed by atoms with Crippen molar-refractivity contribution in [2.24, 2.45) is 7.05 Å². The maximum atomic E-state index is 6.16. The van der Waals surface area contributed by atoms with Crippen LogP contribution in [0, 0.1) is 6.92 Å². The fourth-order valence-electron chi connectivity index (χ4n) is 1.87. The SMILES string of the molecule is Cc1nn(C)c(Cl)c1CNCCc1ccncc1. The minimum absolute atomic E-state index is 0.712. The van der Waals surface area contributed by atoms with Gasteiger partial charge in [-0.15, -0.1) is 0 Å². The second kappa shape index (κ2) is 5.98. The van der Waals surface area contributed by atoms with Gasteiger partial charge in [-0.3, -0.25) is 9.67 Å². The standard InChI is InChI=1S/C13H17ClN4/c1-10-12(13(14)18(2)17-10)9-16-8-5-11-3-6-15-7-4-11/h3-4,6-7,16H,5,8-9H2,1-2H3. The van der Waals surface area contributed by atoms with Crippen molar-refractivity contribution in [3.8, 4) is 0 Å².